The van der Waals surface area contributed by atoms with Crippen LogP contribution in [0.4, 0.5) is 10.5 Å². The number of amides is 2. The Balaban J connectivity index is 1.85. The number of ether oxygens (including phenoxy) is 2. The standard InChI is InChI=1S/C28H28N2O7/c1-19(31)20-11-15-22(16-12-20)29-28(34)37-27(21-13-17-23(32)18-14-21)25(9-5-6-10-26(33)30-35)36-24-7-3-2-4-8-24/h2-4,6-8,10-18,25,27,32,35H,5,9H2,1H3,(H,29,34)(H,30,33)/b10-6+/t25-,27-/m1/s1. The summed E-state index contributed by atoms with van der Waals surface area (Å²) in [6.07, 6.45) is 1.15. The number of benzene rings is 3. The number of Topliss-reactive ketones (excluding diaryl/α,β-unsaturated/α-hetero) is 1. The lowest BCUT2D eigenvalue weighted by atomic mass is 10.00. The summed E-state index contributed by atoms with van der Waals surface area (Å²) < 4.78 is 12.0. The molecule has 0 aliphatic heterocycles. The smallest absolute Gasteiger partial charge is 0.412 e. The fourth-order valence-electron chi connectivity index (χ4n) is 3.51. The molecule has 9 nitrogen and oxygen atoms in total. The van der Waals surface area contributed by atoms with Gasteiger partial charge in [0.2, 0.25) is 0 Å². The van der Waals surface area contributed by atoms with Crippen LogP contribution in [0.15, 0.2) is 91.0 Å². The maximum atomic E-state index is 12.9. The van der Waals surface area contributed by atoms with E-state index in [2.05, 4.69) is 5.32 Å². The van der Waals surface area contributed by atoms with Gasteiger partial charge in [-0.05, 0) is 73.9 Å². The molecule has 0 aromatic heterocycles. The van der Waals surface area contributed by atoms with E-state index >= 15 is 0 Å². The number of ketones is 1. The summed E-state index contributed by atoms with van der Waals surface area (Å²) >= 11 is 0. The number of phenols is 1. The van der Waals surface area contributed by atoms with Crippen LogP contribution >= 0.6 is 0 Å². The Morgan fingerprint density at radius 2 is 1.62 bits per heavy atom. The van der Waals surface area contributed by atoms with Crippen LogP contribution in [0, 0.1) is 0 Å². The van der Waals surface area contributed by atoms with Gasteiger partial charge in [0.1, 0.15) is 17.6 Å². The van der Waals surface area contributed by atoms with Crippen molar-refractivity contribution in [1.82, 2.24) is 5.48 Å². The first-order chi connectivity index (χ1) is 17.9. The number of nitrogens with one attached hydrogen (secondary N) is 2. The predicted molar refractivity (Wildman–Crippen MR) is 137 cm³/mol. The Kier molecular flexibility index (Phi) is 9.81. The molecule has 2 atom stereocenters. The van der Waals surface area contributed by atoms with Gasteiger partial charge in [-0.15, -0.1) is 0 Å². The summed E-state index contributed by atoms with van der Waals surface area (Å²) in [5.41, 5.74) is 3.07. The molecule has 0 saturated heterocycles. The second-order valence-corrected chi connectivity index (χ2v) is 8.10. The molecule has 0 bridgehead atoms. The average Bonchev–Trinajstić information content (AvgIpc) is 2.90. The summed E-state index contributed by atoms with van der Waals surface area (Å²) in [5, 5.41) is 21.1. The first kappa shape index (κ1) is 27.0. The van der Waals surface area contributed by atoms with Crippen molar-refractivity contribution in [2.75, 3.05) is 5.32 Å². The zero-order valence-corrected chi connectivity index (χ0v) is 20.2. The van der Waals surface area contributed by atoms with E-state index in [0.29, 0.717) is 35.4 Å². The van der Waals surface area contributed by atoms with Gasteiger partial charge in [-0.2, -0.15) is 0 Å². The number of carbonyl (C=O) groups excluding carboxylic acids is 3. The van der Waals surface area contributed by atoms with Crippen molar-refractivity contribution in [1.29, 1.82) is 0 Å². The average molecular weight is 505 g/mol. The van der Waals surface area contributed by atoms with Crippen LogP contribution in [0.1, 0.15) is 41.8 Å². The molecule has 0 fully saturated rings. The Bertz CT molecular complexity index is 1210. The van der Waals surface area contributed by atoms with Gasteiger partial charge in [0.15, 0.2) is 11.9 Å². The highest BCUT2D eigenvalue weighted by molar-refractivity contribution is 5.95. The number of phenolic OH excluding ortho intramolecular Hbond substituents is 1. The number of aromatic hydroxyl groups is 1. The van der Waals surface area contributed by atoms with E-state index in [0.717, 1.165) is 0 Å². The van der Waals surface area contributed by atoms with Crippen molar-refractivity contribution >= 4 is 23.5 Å². The van der Waals surface area contributed by atoms with E-state index in [1.165, 1.54) is 30.6 Å². The van der Waals surface area contributed by atoms with Crippen molar-refractivity contribution in [3.63, 3.8) is 0 Å². The van der Waals surface area contributed by atoms with Gasteiger partial charge >= 0.3 is 6.09 Å². The fraction of sp³-hybridized carbons (Fsp3) is 0.179. The van der Waals surface area contributed by atoms with E-state index in [1.54, 1.807) is 54.6 Å². The van der Waals surface area contributed by atoms with Crippen LogP contribution in [0.25, 0.3) is 0 Å². The number of rotatable bonds is 11. The molecule has 0 heterocycles. The Morgan fingerprint density at radius 1 is 0.946 bits per heavy atom. The molecule has 37 heavy (non-hydrogen) atoms. The minimum atomic E-state index is -0.891. The number of hydrogen-bond donors (Lipinski definition) is 4. The highest BCUT2D eigenvalue weighted by atomic mass is 16.6. The lowest BCUT2D eigenvalue weighted by molar-refractivity contribution is -0.124. The normalized spacial score (nSPS) is 12.4. The fourth-order valence-corrected chi connectivity index (χ4v) is 3.51. The van der Waals surface area contributed by atoms with Gasteiger partial charge in [0.25, 0.3) is 5.91 Å². The molecule has 4 N–H and O–H groups in total. The van der Waals surface area contributed by atoms with Crippen molar-refractivity contribution in [2.24, 2.45) is 0 Å². The molecule has 2 amide bonds. The molecule has 3 aromatic carbocycles. The van der Waals surface area contributed by atoms with Gasteiger partial charge in [0, 0.05) is 17.3 Å². The van der Waals surface area contributed by atoms with Gasteiger partial charge in [-0.25, -0.2) is 10.3 Å². The maximum Gasteiger partial charge on any atom is 0.412 e. The third-order valence-electron chi connectivity index (χ3n) is 5.36. The number of hydrogen-bond acceptors (Lipinski definition) is 7. The van der Waals surface area contributed by atoms with Crippen LogP contribution < -0.4 is 15.5 Å². The molecule has 0 radical (unpaired) electrons. The SMILES string of the molecule is CC(=O)c1ccc(NC(=O)O[C@H](c2ccc(O)cc2)[C@@H](CC/C=C/C(=O)NO)Oc2ccccc2)cc1. The molecular weight excluding hydrogens is 476 g/mol. The van der Waals surface area contributed by atoms with Crippen molar-refractivity contribution in [2.45, 2.75) is 32.0 Å². The Labute approximate surface area is 214 Å². The highest BCUT2D eigenvalue weighted by Gasteiger charge is 2.29. The van der Waals surface area contributed by atoms with Crippen LogP contribution in [-0.4, -0.2) is 34.2 Å². The van der Waals surface area contributed by atoms with Crippen LogP contribution in [0.3, 0.4) is 0 Å². The number of allylic oxidation sites excluding steroid dienone is 1. The number of carbonyl (C=O) groups is 3. The second-order valence-electron chi connectivity index (χ2n) is 8.10. The first-order valence-corrected chi connectivity index (χ1v) is 11.6. The lowest BCUT2D eigenvalue weighted by Crippen LogP contribution is -2.31. The molecule has 0 spiro atoms. The zero-order valence-electron chi connectivity index (χ0n) is 20.2. The van der Waals surface area contributed by atoms with E-state index in [4.69, 9.17) is 14.7 Å². The summed E-state index contributed by atoms with van der Waals surface area (Å²) in [7, 11) is 0. The minimum Gasteiger partial charge on any atom is -0.508 e. The summed E-state index contributed by atoms with van der Waals surface area (Å²) in [5.74, 6) is -0.150. The summed E-state index contributed by atoms with van der Waals surface area (Å²) in [6, 6.07) is 21.6. The van der Waals surface area contributed by atoms with E-state index < -0.39 is 24.2 Å². The van der Waals surface area contributed by atoms with Gasteiger partial charge in [0.05, 0.1) is 0 Å². The lowest BCUT2D eigenvalue weighted by Gasteiger charge is -2.28. The minimum absolute atomic E-state index is 0.0518. The Morgan fingerprint density at radius 3 is 2.24 bits per heavy atom. The monoisotopic (exact) mass is 504 g/mol. The van der Waals surface area contributed by atoms with Crippen molar-refractivity contribution in [3.05, 3.63) is 102 Å². The van der Waals surface area contributed by atoms with Crippen molar-refractivity contribution < 1.29 is 34.2 Å². The van der Waals surface area contributed by atoms with E-state index in [1.807, 2.05) is 18.2 Å². The quantitative estimate of drug-likeness (QED) is 0.122. The van der Waals surface area contributed by atoms with Gasteiger partial charge in [-0.3, -0.25) is 20.1 Å². The molecular formula is C28H28N2O7. The second kappa shape index (κ2) is 13.5. The van der Waals surface area contributed by atoms with Crippen LogP contribution in [-0.2, 0) is 9.53 Å². The number of hydroxylamine groups is 1. The summed E-state index contributed by atoms with van der Waals surface area (Å²) in [4.78, 5) is 35.7. The third kappa shape index (κ3) is 8.52. The van der Waals surface area contributed by atoms with Crippen molar-refractivity contribution in [3.8, 4) is 11.5 Å². The molecule has 0 aliphatic carbocycles. The number of para-hydroxylation sites is 1. The largest absolute Gasteiger partial charge is 0.508 e. The maximum absolute atomic E-state index is 12.9. The zero-order chi connectivity index (χ0) is 26.6. The molecule has 0 unspecified atom stereocenters. The van der Waals surface area contributed by atoms with Gasteiger partial charge < -0.3 is 14.6 Å². The van der Waals surface area contributed by atoms with E-state index in [-0.39, 0.29) is 11.5 Å². The molecule has 3 rings (SSSR count). The molecule has 3 aromatic rings. The summed E-state index contributed by atoms with van der Waals surface area (Å²) in [6.45, 7) is 1.46. The highest BCUT2D eigenvalue weighted by Crippen LogP contribution is 2.30. The first-order valence-electron chi connectivity index (χ1n) is 11.6. The molecule has 9 heteroatoms. The van der Waals surface area contributed by atoms with Gasteiger partial charge in [-0.1, -0.05) is 36.4 Å². The third-order valence-corrected chi connectivity index (χ3v) is 5.36. The predicted octanol–water partition coefficient (Wildman–Crippen LogP) is 5.17. The topological polar surface area (TPSA) is 134 Å². The molecule has 0 saturated carbocycles. The van der Waals surface area contributed by atoms with E-state index in [9.17, 15) is 19.5 Å². The number of anilines is 1. The van der Waals surface area contributed by atoms with Crippen LogP contribution in [0.2, 0.25) is 0 Å². The molecule has 192 valence electrons. The van der Waals surface area contributed by atoms with Crippen LogP contribution in [0.5, 0.6) is 11.5 Å². The molecule has 0 aliphatic rings. The Hall–Kier alpha value is -4.63.